The average Bonchev–Trinajstić information content (AvgIpc) is 2.69. The van der Waals surface area contributed by atoms with E-state index in [0.29, 0.717) is 5.57 Å². The number of nitrogens with two attached hydrogens (primary N) is 1. The van der Waals surface area contributed by atoms with E-state index in [1.165, 1.54) is 0 Å². The van der Waals surface area contributed by atoms with Crippen LogP contribution in [-0.2, 0) is 9.53 Å². The second-order valence-corrected chi connectivity index (χ2v) is 7.30. The van der Waals surface area contributed by atoms with Crippen LogP contribution in [0.25, 0.3) is 0 Å². The van der Waals surface area contributed by atoms with Crippen molar-refractivity contribution in [1.29, 1.82) is 10.5 Å². The first-order valence-corrected chi connectivity index (χ1v) is 9.87. The van der Waals surface area contributed by atoms with Crippen LogP contribution in [0.4, 0.5) is 0 Å². The van der Waals surface area contributed by atoms with Gasteiger partial charge in [0.15, 0.2) is 0 Å². The van der Waals surface area contributed by atoms with Gasteiger partial charge in [-0.1, -0.05) is 48.7 Å². The number of rotatable bonds is 3. The Balaban J connectivity index is 2.34. The minimum atomic E-state index is -1.72. The Hall–Kier alpha value is -3.05. The van der Waals surface area contributed by atoms with Crippen LogP contribution in [0, 0.1) is 28.1 Å². The van der Waals surface area contributed by atoms with Crippen molar-refractivity contribution in [3.05, 3.63) is 58.3 Å². The number of benzene rings is 1. The third-order valence-corrected chi connectivity index (χ3v) is 5.81. The van der Waals surface area contributed by atoms with Crippen LogP contribution >= 0.6 is 0 Å². The summed E-state index contributed by atoms with van der Waals surface area (Å²) < 4.78 is 5.32. The van der Waals surface area contributed by atoms with E-state index in [2.05, 4.69) is 12.1 Å². The number of carbonyl (C=O) groups excluding carboxylic acids is 1. The number of hydrogen-bond donors (Lipinski definition) is 1. The van der Waals surface area contributed by atoms with E-state index in [1.54, 1.807) is 6.92 Å². The molecule has 2 unspecified atom stereocenters. The quantitative estimate of drug-likeness (QED) is 0.796. The summed E-state index contributed by atoms with van der Waals surface area (Å²) in [6.45, 7) is 1.85. The highest BCUT2D eigenvalue weighted by molar-refractivity contribution is 5.88. The molecule has 2 aliphatic carbocycles. The van der Waals surface area contributed by atoms with Crippen molar-refractivity contribution < 1.29 is 9.53 Å². The van der Waals surface area contributed by atoms with Gasteiger partial charge in [0.1, 0.15) is 6.07 Å². The third-order valence-electron chi connectivity index (χ3n) is 5.81. The lowest BCUT2D eigenvalue weighted by atomic mass is 9.60. The van der Waals surface area contributed by atoms with Gasteiger partial charge in [0.2, 0.25) is 5.41 Å². The monoisotopic (exact) mass is 375 g/mol. The Labute approximate surface area is 166 Å². The maximum atomic E-state index is 13.1. The highest BCUT2D eigenvalue weighted by atomic mass is 16.5. The second kappa shape index (κ2) is 8.31. The van der Waals surface area contributed by atoms with Gasteiger partial charge in [-0.05, 0) is 43.7 Å². The molecule has 0 fully saturated rings. The predicted molar refractivity (Wildman–Crippen MR) is 105 cm³/mol. The summed E-state index contributed by atoms with van der Waals surface area (Å²) in [6, 6.07) is 13.9. The van der Waals surface area contributed by atoms with Crippen molar-refractivity contribution in [3.8, 4) is 12.1 Å². The highest BCUT2D eigenvalue weighted by Crippen LogP contribution is 2.54. The van der Waals surface area contributed by atoms with Crippen molar-refractivity contribution in [2.24, 2.45) is 11.1 Å². The van der Waals surface area contributed by atoms with E-state index in [1.807, 2.05) is 30.3 Å². The van der Waals surface area contributed by atoms with Crippen molar-refractivity contribution >= 4 is 5.97 Å². The average molecular weight is 375 g/mol. The highest BCUT2D eigenvalue weighted by Gasteiger charge is 2.56. The molecule has 0 aromatic heterocycles. The summed E-state index contributed by atoms with van der Waals surface area (Å²) in [5, 5.41) is 20.1. The van der Waals surface area contributed by atoms with Gasteiger partial charge in [0.05, 0.1) is 23.9 Å². The van der Waals surface area contributed by atoms with Crippen LogP contribution < -0.4 is 5.73 Å². The summed E-state index contributed by atoms with van der Waals surface area (Å²) in [5.74, 6) is -1.21. The van der Waals surface area contributed by atoms with Crippen LogP contribution in [-0.4, -0.2) is 12.6 Å². The molecule has 1 aromatic rings. The maximum absolute atomic E-state index is 13.1. The van der Waals surface area contributed by atoms with Crippen molar-refractivity contribution in [2.45, 2.75) is 51.4 Å². The number of ether oxygens (including phenoxy) is 1. The van der Waals surface area contributed by atoms with Crippen LogP contribution in [0.3, 0.4) is 0 Å². The number of nitriles is 2. The Bertz CT molecular complexity index is 902. The molecular weight excluding hydrogens is 350 g/mol. The number of nitrogens with zero attached hydrogens (tertiary/aromatic N) is 2. The van der Waals surface area contributed by atoms with Crippen LogP contribution in [0.1, 0.15) is 56.9 Å². The first-order chi connectivity index (χ1) is 13.6. The van der Waals surface area contributed by atoms with Gasteiger partial charge in [-0.25, -0.2) is 4.79 Å². The first-order valence-electron chi connectivity index (χ1n) is 9.87. The van der Waals surface area contributed by atoms with Gasteiger partial charge in [0.25, 0.3) is 0 Å². The summed E-state index contributed by atoms with van der Waals surface area (Å²) in [7, 11) is 0. The Kier molecular flexibility index (Phi) is 5.85. The molecule has 0 heterocycles. The van der Waals surface area contributed by atoms with Gasteiger partial charge in [-0.3, -0.25) is 0 Å². The number of hydrogen-bond acceptors (Lipinski definition) is 5. The largest absolute Gasteiger partial charge is 0.464 e. The van der Waals surface area contributed by atoms with Gasteiger partial charge in [-0.2, -0.15) is 10.5 Å². The molecule has 0 amide bonds. The van der Waals surface area contributed by atoms with Crippen LogP contribution in [0.2, 0.25) is 0 Å². The molecule has 0 saturated heterocycles. The van der Waals surface area contributed by atoms with E-state index in [9.17, 15) is 15.3 Å². The molecule has 2 aliphatic rings. The first kappa shape index (κ1) is 19.7. The van der Waals surface area contributed by atoms with Crippen LogP contribution in [0.15, 0.2) is 52.7 Å². The smallest absolute Gasteiger partial charge is 0.333 e. The number of esters is 1. The van der Waals surface area contributed by atoms with E-state index in [-0.39, 0.29) is 12.3 Å². The molecule has 1 aromatic carbocycles. The molecule has 2 N–H and O–H groups in total. The van der Waals surface area contributed by atoms with Crippen molar-refractivity contribution in [3.63, 3.8) is 0 Å². The molecule has 2 atom stereocenters. The lowest BCUT2D eigenvalue weighted by Crippen LogP contribution is -2.46. The molecule has 0 spiro atoms. The number of carbonyl (C=O) groups is 1. The summed E-state index contributed by atoms with van der Waals surface area (Å²) in [6.07, 6.45) is 5.62. The molecule has 5 nitrogen and oxygen atoms in total. The molecule has 144 valence electrons. The van der Waals surface area contributed by atoms with Gasteiger partial charge < -0.3 is 10.5 Å². The van der Waals surface area contributed by atoms with E-state index < -0.39 is 17.3 Å². The summed E-state index contributed by atoms with van der Waals surface area (Å²) >= 11 is 0. The van der Waals surface area contributed by atoms with Crippen LogP contribution in [0.5, 0.6) is 0 Å². The Morgan fingerprint density at radius 1 is 1.18 bits per heavy atom. The van der Waals surface area contributed by atoms with E-state index in [4.69, 9.17) is 10.5 Å². The minimum Gasteiger partial charge on any atom is -0.464 e. The Morgan fingerprint density at radius 3 is 2.46 bits per heavy atom. The Morgan fingerprint density at radius 2 is 1.86 bits per heavy atom. The third kappa shape index (κ3) is 3.08. The molecule has 0 saturated carbocycles. The summed E-state index contributed by atoms with van der Waals surface area (Å²) in [4.78, 5) is 13.1. The molecular formula is C23H25N3O2. The zero-order chi connectivity index (χ0) is 20.1. The molecule has 5 heteroatoms. The minimum absolute atomic E-state index is 0.0316. The standard InChI is InChI=1S/C23H25N3O2/c1-2-28-22(27)23(15-25)20(16-10-6-5-7-11-16)18-13-9-4-3-8-12-17(18)19(14-24)21(23)26/h5-7,10-11,20H,2-4,8-9,12-13,26H2,1H3. The van der Waals surface area contributed by atoms with Gasteiger partial charge in [0, 0.05) is 5.92 Å². The lowest BCUT2D eigenvalue weighted by Gasteiger charge is -2.41. The SMILES string of the molecule is CCOC(=O)C1(C#N)C(N)=C(C#N)C2=C(CCCCCC2)C1c1ccccc1. The summed E-state index contributed by atoms with van der Waals surface area (Å²) in [5.41, 5.74) is 7.80. The van der Waals surface area contributed by atoms with Gasteiger partial charge >= 0.3 is 5.97 Å². The molecule has 3 rings (SSSR count). The maximum Gasteiger partial charge on any atom is 0.333 e. The van der Waals surface area contributed by atoms with Crippen molar-refractivity contribution in [1.82, 2.24) is 0 Å². The fourth-order valence-electron chi connectivity index (χ4n) is 4.53. The normalized spacial score (nSPS) is 25.0. The second-order valence-electron chi connectivity index (χ2n) is 7.30. The number of allylic oxidation sites excluding steroid dienone is 3. The zero-order valence-corrected chi connectivity index (χ0v) is 16.2. The molecule has 0 bridgehead atoms. The molecule has 28 heavy (non-hydrogen) atoms. The fourth-order valence-corrected chi connectivity index (χ4v) is 4.53. The lowest BCUT2D eigenvalue weighted by molar-refractivity contribution is -0.151. The topological polar surface area (TPSA) is 99.9 Å². The molecule has 0 radical (unpaired) electrons. The van der Waals surface area contributed by atoms with Gasteiger partial charge in [-0.15, -0.1) is 0 Å². The van der Waals surface area contributed by atoms with Crippen molar-refractivity contribution in [2.75, 3.05) is 6.61 Å². The van der Waals surface area contributed by atoms with E-state index in [0.717, 1.165) is 55.2 Å². The molecule has 0 aliphatic heterocycles. The fraction of sp³-hybridized carbons (Fsp3) is 0.435. The zero-order valence-electron chi connectivity index (χ0n) is 16.2. The predicted octanol–water partition coefficient (Wildman–Crippen LogP) is 4.24. The van der Waals surface area contributed by atoms with E-state index >= 15 is 0 Å².